The fourth-order valence-corrected chi connectivity index (χ4v) is 6.77. The minimum atomic E-state index is -0.911. The van der Waals surface area contributed by atoms with E-state index >= 15 is 0 Å². The van der Waals surface area contributed by atoms with Gasteiger partial charge in [-0.25, -0.2) is 4.79 Å². The second kappa shape index (κ2) is 6.92. The first-order valence-corrected chi connectivity index (χ1v) is 11.6. The van der Waals surface area contributed by atoms with Gasteiger partial charge in [-0.1, -0.05) is 62.8 Å². The number of carboxylic acids is 1. The third kappa shape index (κ3) is 3.09. The lowest BCUT2D eigenvalue weighted by atomic mass is 9.58. The lowest BCUT2D eigenvalue weighted by molar-refractivity contribution is -0.138. The van der Waals surface area contributed by atoms with Crippen LogP contribution in [-0.2, 0) is 4.79 Å². The Hall–Kier alpha value is -2.66. The van der Waals surface area contributed by atoms with Crippen molar-refractivity contribution in [2.75, 3.05) is 13.1 Å². The molecule has 4 atom stereocenters. The van der Waals surface area contributed by atoms with Crippen molar-refractivity contribution in [3.63, 3.8) is 0 Å². The van der Waals surface area contributed by atoms with Gasteiger partial charge < -0.3 is 15.7 Å². The smallest absolute Gasteiger partial charge is 0.335 e. The maximum atomic E-state index is 13.5. The van der Waals surface area contributed by atoms with Gasteiger partial charge in [-0.15, -0.1) is 0 Å². The first-order valence-electron chi connectivity index (χ1n) is 11.6. The molecular formula is C27H32N2O3. The lowest BCUT2D eigenvalue weighted by Crippen LogP contribution is -2.54. The van der Waals surface area contributed by atoms with Crippen molar-refractivity contribution in [2.24, 2.45) is 28.4 Å². The maximum Gasteiger partial charge on any atom is 0.335 e. The van der Waals surface area contributed by atoms with Crippen LogP contribution >= 0.6 is 0 Å². The Morgan fingerprint density at radius 3 is 2.44 bits per heavy atom. The molecule has 1 fully saturated rings. The summed E-state index contributed by atoms with van der Waals surface area (Å²) in [7, 11) is 0. The summed E-state index contributed by atoms with van der Waals surface area (Å²) in [6.07, 6.45) is 11.4. The fourth-order valence-electron chi connectivity index (χ4n) is 6.77. The van der Waals surface area contributed by atoms with Crippen LogP contribution in [0.4, 0.5) is 0 Å². The number of carboxylic acid groups (broad SMARTS) is 1. The number of hydrogen-bond donors (Lipinski definition) is 2. The highest BCUT2D eigenvalue weighted by atomic mass is 16.4. The van der Waals surface area contributed by atoms with Crippen LogP contribution in [0.25, 0.3) is 5.57 Å². The highest BCUT2D eigenvalue weighted by Gasteiger charge is 2.52. The van der Waals surface area contributed by atoms with Gasteiger partial charge in [0.2, 0.25) is 5.91 Å². The predicted octanol–water partition coefficient (Wildman–Crippen LogP) is 4.27. The van der Waals surface area contributed by atoms with Gasteiger partial charge in [-0.3, -0.25) is 4.79 Å². The summed E-state index contributed by atoms with van der Waals surface area (Å²) >= 11 is 0. The number of hydrogen-bond acceptors (Lipinski definition) is 3. The van der Waals surface area contributed by atoms with Crippen molar-refractivity contribution >= 4 is 17.4 Å². The molecule has 1 aromatic rings. The van der Waals surface area contributed by atoms with Gasteiger partial charge in [0.1, 0.15) is 0 Å². The van der Waals surface area contributed by atoms with Crippen molar-refractivity contribution in [3.05, 3.63) is 65.3 Å². The van der Waals surface area contributed by atoms with E-state index in [0.717, 1.165) is 24.8 Å². The molecule has 2 bridgehead atoms. The van der Waals surface area contributed by atoms with Crippen LogP contribution in [0, 0.1) is 22.7 Å². The zero-order chi connectivity index (χ0) is 22.9. The molecular weight excluding hydrogens is 400 g/mol. The molecule has 0 radical (unpaired) electrons. The third-order valence-corrected chi connectivity index (χ3v) is 8.34. The standard InChI is InChI=1S/C27H32N2O3/c1-25(2)20(18-4-6-19(7-5-18)24(31)32)9-11-26(3)16-29(13-10-22(25)26)23(30)21-14-17-8-12-27(21,28)15-17/h4-10,12,17,21H,11,13-16,28H2,1-3H3,(H,31,32)/t17-,21+,26+,27+/m0/s1. The Bertz CT molecular complexity index is 1080. The highest BCUT2D eigenvalue weighted by molar-refractivity contribution is 5.88. The topological polar surface area (TPSA) is 83.6 Å². The number of nitrogens with two attached hydrogens (primary N) is 1. The Labute approximate surface area is 189 Å². The number of carbonyl (C=O) groups is 2. The summed E-state index contributed by atoms with van der Waals surface area (Å²) in [5, 5.41) is 9.21. The van der Waals surface area contributed by atoms with Gasteiger partial charge in [0.15, 0.2) is 0 Å². The number of amides is 1. The van der Waals surface area contributed by atoms with Gasteiger partial charge in [-0.05, 0) is 48.4 Å². The summed E-state index contributed by atoms with van der Waals surface area (Å²) < 4.78 is 0. The molecule has 1 aromatic carbocycles. The van der Waals surface area contributed by atoms with Crippen LogP contribution in [0.3, 0.4) is 0 Å². The van der Waals surface area contributed by atoms with Crippen molar-refractivity contribution in [1.82, 2.24) is 4.90 Å². The van der Waals surface area contributed by atoms with Crippen molar-refractivity contribution in [2.45, 2.75) is 45.6 Å². The van der Waals surface area contributed by atoms with Crippen LogP contribution < -0.4 is 5.73 Å². The van der Waals surface area contributed by atoms with E-state index in [1.165, 1.54) is 11.1 Å². The fraction of sp³-hybridized carbons (Fsp3) is 0.481. The van der Waals surface area contributed by atoms with E-state index in [1.807, 2.05) is 17.0 Å². The second-order valence-electron chi connectivity index (χ2n) is 11.0. The number of carbonyl (C=O) groups excluding carboxylic acids is 1. The number of allylic oxidation sites excluding steroid dienone is 3. The minimum absolute atomic E-state index is 0.105. The monoisotopic (exact) mass is 432 g/mol. The van der Waals surface area contributed by atoms with E-state index in [-0.39, 0.29) is 22.7 Å². The molecule has 0 spiro atoms. The molecule has 1 saturated carbocycles. The largest absolute Gasteiger partial charge is 0.478 e. The molecule has 0 aromatic heterocycles. The molecule has 168 valence electrons. The Morgan fingerprint density at radius 1 is 1.12 bits per heavy atom. The molecule has 32 heavy (non-hydrogen) atoms. The Kier molecular flexibility index (Phi) is 4.58. The molecule has 1 heterocycles. The normalized spacial score (nSPS) is 34.7. The van der Waals surface area contributed by atoms with E-state index in [4.69, 9.17) is 5.73 Å². The van der Waals surface area contributed by atoms with E-state index < -0.39 is 11.5 Å². The quantitative estimate of drug-likeness (QED) is 0.699. The molecule has 0 saturated heterocycles. The van der Waals surface area contributed by atoms with E-state index in [9.17, 15) is 14.7 Å². The minimum Gasteiger partial charge on any atom is -0.478 e. The summed E-state index contributed by atoms with van der Waals surface area (Å²) in [5.74, 6) is -0.364. The number of nitrogens with zero attached hydrogens (tertiary/aromatic N) is 1. The first kappa shape index (κ1) is 21.2. The first-order chi connectivity index (χ1) is 15.0. The van der Waals surface area contributed by atoms with Gasteiger partial charge >= 0.3 is 5.97 Å². The molecule has 5 heteroatoms. The maximum absolute atomic E-state index is 13.5. The number of rotatable bonds is 3. The molecule has 4 aliphatic rings. The van der Waals surface area contributed by atoms with Gasteiger partial charge in [0.05, 0.1) is 11.5 Å². The van der Waals surface area contributed by atoms with Crippen molar-refractivity contribution < 1.29 is 14.7 Å². The lowest BCUT2D eigenvalue weighted by Gasteiger charge is -2.51. The van der Waals surface area contributed by atoms with Crippen LogP contribution in [0.2, 0.25) is 0 Å². The third-order valence-electron chi connectivity index (χ3n) is 8.34. The summed E-state index contributed by atoms with van der Waals surface area (Å²) in [6.45, 7) is 8.07. The SMILES string of the molecule is CC1(C)C(c2ccc(C(=O)O)cc2)=CC[C@]2(C)CN(C(=O)[C@H]3C[C@@H]4C=C[C@@]3(N)C4)CC=C12. The second-order valence-corrected chi connectivity index (χ2v) is 11.0. The molecule has 1 aliphatic heterocycles. The molecule has 3 N–H and O–H groups in total. The molecule has 5 rings (SSSR count). The highest BCUT2D eigenvalue weighted by Crippen LogP contribution is 2.56. The summed E-state index contributed by atoms with van der Waals surface area (Å²) in [5.41, 5.74) is 9.74. The molecule has 5 nitrogen and oxygen atoms in total. The number of aromatic carboxylic acids is 1. The van der Waals surface area contributed by atoms with Crippen LogP contribution in [0.1, 0.15) is 56.0 Å². The zero-order valence-electron chi connectivity index (χ0n) is 19.1. The van der Waals surface area contributed by atoms with Gasteiger partial charge in [0, 0.05) is 29.5 Å². The van der Waals surface area contributed by atoms with Crippen molar-refractivity contribution in [1.29, 1.82) is 0 Å². The van der Waals surface area contributed by atoms with Crippen LogP contribution in [0.15, 0.2) is 54.1 Å². The summed E-state index contributed by atoms with van der Waals surface area (Å²) in [4.78, 5) is 26.7. The van der Waals surface area contributed by atoms with Gasteiger partial charge in [-0.2, -0.15) is 0 Å². The molecule has 1 amide bonds. The van der Waals surface area contributed by atoms with Crippen LogP contribution in [0.5, 0.6) is 0 Å². The Morgan fingerprint density at radius 2 is 1.84 bits per heavy atom. The van der Waals surface area contributed by atoms with E-state index in [1.54, 1.807) is 12.1 Å². The average molecular weight is 433 g/mol. The Balaban J connectivity index is 1.40. The molecule has 3 aliphatic carbocycles. The van der Waals surface area contributed by atoms with E-state index in [2.05, 4.69) is 45.1 Å². The number of fused-ring (bicyclic) bond motifs is 3. The van der Waals surface area contributed by atoms with E-state index in [0.29, 0.717) is 24.6 Å². The molecule has 0 unspecified atom stereocenters. The zero-order valence-corrected chi connectivity index (χ0v) is 19.1. The van der Waals surface area contributed by atoms with Gasteiger partial charge in [0.25, 0.3) is 0 Å². The average Bonchev–Trinajstić information content (AvgIpc) is 3.28. The van der Waals surface area contributed by atoms with Crippen LogP contribution in [-0.4, -0.2) is 40.5 Å². The summed E-state index contributed by atoms with van der Waals surface area (Å²) in [6, 6.07) is 7.15. The predicted molar refractivity (Wildman–Crippen MR) is 125 cm³/mol. The van der Waals surface area contributed by atoms with Crippen molar-refractivity contribution in [3.8, 4) is 0 Å². The number of benzene rings is 1.